The summed E-state index contributed by atoms with van der Waals surface area (Å²) >= 11 is 2.01. The molecule has 0 spiro atoms. The average Bonchev–Trinajstić information content (AvgIpc) is 2.95. The van der Waals surface area contributed by atoms with Crippen LogP contribution in [0.5, 0.6) is 0 Å². The first-order valence-corrected chi connectivity index (χ1v) is 7.90. The Balaban J connectivity index is 1.79. The Hall–Kier alpha value is -0.220. The molecule has 2 bridgehead atoms. The molecule has 0 aliphatic heterocycles. The van der Waals surface area contributed by atoms with E-state index in [2.05, 4.69) is 23.9 Å². The highest BCUT2D eigenvalue weighted by Gasteiger charge is 2.45. The van der Waals surface area contributed by atoms with Gasteiger partial charge in [-0.1, -0.05) is 19.0 Å². The zero-order valence-electron chi connectivity index (χ0n) is 10.9. The third kappa shape index (κ3) is 2.79. The van der Waals surface area contributed by atoms with Gasteiger partial charge in [0.1, 0.15) is 0 Å². The van der Waals surface area contributed by atoms with Crippen LogP contribution >= 0.6 is 11.8 Å². The maximum atomic E-state index is 9.12. The minimum Gasteiger partial charge on any atom is -0.411 e. The number of oxime groups is 1. The van der Waals surface area contributed by atoms with E-state index in [0.717, 1.165) is 37.0 Å². The van der Waals surface area contributed by atoms with Gasteiger partial charge < -0.3 is 10.1 Å². The summed E-state index contributed by atoms with van der Waals surface area (Å²) < 4.78 is 0. The average molecular weight is 256 g/mol. The summed E-state index contributed by atoms with van der Waals surface area (Å²) in [7, 11) is 0. The van der Waals surface area contributed by atoms with E-state index in [1.807, 2.05) is 11.8 Å². The van der Waals surface area contributed by atoms with Gasteiger partial charge in [-0.3, -0.25) is 0 Å². The summed E-state index contributed by atoms with van der Waals surface area (Å²) in [4.78, 5) is 2.45. The Kier molecular flexibility index (Phi) is 4.74. The molecule has 3 nitrogen and oxygen atoms in total. The van der Waals surface area contributed by atoms with Crippen molar-refractivity contribution in [1.82, 2.24) is 4.90 Å². The van der Waals surface area contributed by atoms with Gasteiger partial charge in [0.2, 0.25) is 0 Å². The molecule has 2 aliphatic carbocycles. The zero-order chi connectivity index (χ0) is 12.3. The third-order valence-electron chi connectivity index (χ3n) is 4.33. The Morgan fingerprint density at radius 2 is 2.12 bits per heavy atom. The van der Waals surface area contributed by atoms with E-state index in [9.17, 15) is 0 Å². The molecule has 2 rings (SSSR count). The first-order valence-electron chi connectivity index (χ1n) is 6.85. The van der Waals surface area contributed by atoms with Gasteiger partial charge in [-0.15, -0.1) is 0 Å². The minimum atomic E-state index is 0.509. The van der Waals surface area contributed by atoms with E-state index in [4.69, 9.17) is 5.21 Å². The van der Waals surface area contributed by atoms with Crippen molar-refractivity contribution in [2.24, 2.45) is 17.0 Å². The maximum Gasteiger partial charge on any atom is 0.0734 e. The Bertz CT molecular complexity index is 279. The molecule has 0 heterocycles. The molecule has 2 saturated carbocycles. The highest BCUT2D eigenvalue weighted by Crippen LogP contribution is 2.47. The van der Waals surface area contributed by atoms with Gasteiger partial charge in [-0.25, -0.2) is 0 Å². The van der Waals surface area contributed by atoms with Crippen LogP contribution in [-0.2, 0) is 0 Å². The predicted octanol–water partition coefficient (Wildman–Crippen LogP) is 2.69. The Morgan fingerprint density at radius 3 is 2.76 bits per heavy atom. The van der Waals surface area contributed by atoms with Crippen LogP contribution in [0.2, 0.25) is 0 Å². The van der Waals surface area contributed by atoms with Crippen LogP contribution in [-0.4, -0.2) is 46.5 Å². The van der Waals surface area contributed by atoms with Crippen LogP contribution in [0.25, 0.3) is 0 Å². The monoisotopic (exact) mass is 256 g/mol. The summed E-state index contributed by atoms with van der Waals surface area (Å²) in [6, 6.07) is 0. The molecule has 98 valence electrons. The normalized spacial score (nSPS) is 34.1. The Labute approximate surface area is 109 Å². The van der Waals surface area contributed by atoms with Crippen molar-refractivity contribution in [2.75, 3.05) is 25.4 Å². The summed E-state index contributed by atoms with van der Waals surface area (Å²) in [6.45, 7) is 7.85. The second-order valence-electron chi connectivity index (χ2n) is 5.11. The number of nitrogens with zero attached hydrogens (tertiary/aromatic N) is 2. The smallest absolute Gasteiger partial charge is 0.0734 e. The maximum absolute atomic E-state index is 9.12. The third-order valence-corrected chi connectivity index (χ3v) is 5.73. The molecule has 0 aromatic heterocycles. The quantitative estimate of drug-likeness (QED) is 0.586. The highest BCUT2D eigenvalue weighted by atomic mass is 32.2. The van der Waals surface area contributed by atoms with Gasteiger partial charge in [-0.2, -0.15) is 11.8 Å². The molecule has 1 N–H and O–H groups in total. The summed E-state index contributed by atoms with van der Waals surface area (Å²) in [6.07, 6.45) is 3.85. The van der Waals surface area contributed by atoms with Gasteiger partial charge in [0, 0.05) is 23.5 Å². The molecule has 0 amide bonds. The molecule has 0 aromatic rings. The summed E-state index contributed by atoms with van der Waals surface area (Å²) in [5, 5.41) is 13.2. The van der Waals surface area contributed by atoms with Crippen molar-refractivity contribution in [3.8, 4) is 0 Å². The zero-order valence-corrected chi connectivity index (χ0v) is 11.7. The minimum absolute atomic E-state index is 0.509. The number of hydrogen-bond acceptors (Lipinski definition) is 4. The van der Waals surface area contributed by atoms with Crippen molar-refractivity contribution in [3.05, 3.63) is 0 Å². The van der Waals surface area contributed by atoms with Crippen molar-refractivity contribution >= 4 is 17.5 Å². The predicted molar refractivity (Wildman–Crippen MR) is 74.1 cm³/mol. The fourth-order valence-electron chi connectivity index (χ4n) is 3.24. The largest absolute Gasteiger partial charge is 0.411 e. The number of thioether (sulfide) groups is 1. The van der Waals surface area contributed by atoms with E-state index in [1.165, 1.54) is 19.3 Å². The SMILES string of the molecule is CCN(CC)CCS[C@H]1/C(=N/O)[C@H]2CC[C@H]1C2. The first-order chi connectivity index (χ1) is 8.30. The van der Waals surface area contributed by atoms with Crippen molar-refractivity contribution in [1.29, 1.82) is 0 Å². The standard InChI is InChI=1S/C13H24N2OS/c1-3-15(4-2)7-8-17-13-11-6-5-10(9-11)12(13)14-16/h10-11,13,16H,3-9H2,1-2H3/b14-12+/t10-,11-,13+/m0/s1. The van der Waals surface area contributed by atoms with Gasteiger partial charge >= 0.3 is 0 Å². The lowest BCUT2D eigenvalue weighted by Gasteiger charge is -2.24. The van der Waals surface area contributed by atoms with E-state index in [0.29, 0.717) is 11.2 Å². The molecular formula is C13H24N2OS. The van der Waals surface area contributed by atoms with Crippen LogP contribution < -0.4 is 0 Å². The van der Waals surface area contributed by atoms with Crippen LogP contribution in [0.3, 0.4) is 0 Å². The van der Waals surface area contributed by atoms with Gasteiger partial charge in [0.15, 0.2) is 0 Å². The van der Waals surface area contributed by atoms with Crippen LogP contribution in [0, 0.1) is 11.8 Å². The lowest BCUT2D eigenvalue weighted by Crippen LogP contribution is -2.29. The lowest BCUT2D eigenvalue weighted by molar-refractivity contribution is 0.313. The number of hydrogen-bond donors (Lipinski definition) is 1. The molecule has 3 atom stereocenters. The molecule has 17 heavy (non-hydrogen) atoms. The van der Waals surface area contributed by atoms with E-state index >= 15 is 0 Å². The second-order valence-corrected chi connectivity index (χ2v) is 6.36. The van der Waals surface area contributed by atoms with Gasteiger partial charge in [0.05, 0.1) is 5.71 Å². The Morgan fingerprint density at radius 1 is 1.35 bits per heavy atom. The molecular weight excluding hydrogens is 232 g/mol. The molecule has 0 unspecified atom stereocenters. The van der Waals surface area contributed by atoms with E-state index in [-0.39, 0.29) is 0 Å². The van der Waals surface area contributed by atoms with E-state index in [1.54, 1.807) is 0 Å². The molecule has 0 saturated heterocycles. The molecule has 4 heteroatoms. The highest BCUT2D eigenvalue weighted by molar-refractivity contribution is 8.00. The van der Waals surface area contributed by atoms with Crippen molar-refractivity contribution in [2.45, 2.75) is 38.4 Å². The van der Waals surface area contributed by atoms with Crippen molar-refractivity contribution < 1.29 is 5.21 Å². The van der Waals surface area contributed by atoms with Crippen LogP contribution in [0.15, 0.2) is 5.16 Å². The van der Waals surface area contributed by atoms with Crippen LogP contribution in [0.4, 0.5) is 0 Å². The van der Waals surface area contributed by atoms with Gasteiger partial charge in [-0.05, 0) is 38.3 Å². The summed E-state index contributed by atoms with van der Waals surface area (Å²) in [5.41, 5.74) is 1.09. The van der Waals surface area contributed by atoms with E-state index < -0.39 is 0 Å². The molecule has 0 aromatic carbocycles. The lowest BCUT2D eigenvalue weighted by atomic mass is 9.98. The second kappa shape index (κ2) is 6.10. The topological polar surface area (TPSA) is 35.8 Å². The fourth-order valence-corrected chi connectivity index (χ4v) is 4.79. The first kappa shape index (κ1) is 13.2. The fraction of sp³-hybridized carbons (Fsp3) is 0.923. The molecule has 2 aliphatic rings. The van der Waals surface area contributed by atoms with Crippen molar-refractivity contribution in [3.63, 3.8) is 0 Å². The molecule has 0 radical (unpaired) electrons. The van der Waals surface area contributed by atoms with Gasteiger partial charge in [0.25, 0.3) is 0 Å². The summed E-state index contributed by atoms with van der Waals surface area (Å²) in [5.74, 6) is 2.54. The number of fused-ring (bicyclic) bond motifs is 2. The number of rotatable bonds is 6. The van der Waals surface area contributed by atoms with Crippen LogP contribution in [0.1, 0.15) is 33.1 Å². The molecule has 2 fully saturated rings.